The van der Waals surface area contributed by atoms with E-state index in [4.69, 9.17) is 11.6 Å². The number of hydrogen-bond acceptors (Lipinski definition) is 4. The van der Waals surface area contributed by atoms with E-state index in [1.54, 1.807) is 0 Å². The fourth-order valence-electron chi connectivity index (χ4n) is 1.19. The van der Waals surface area contributed by atoms with Crippen LogP contribution in [-0.2, 0) is 0 Å². The summed E-state index contributed by atoms with van der Waals surface area (Å²) in [7, 11) is 0. The van der Waals surface area contributed by atoms with E-state index in [1.165, 1.54) is 6.92 Å². The standard InChI is InChI=1S/C8H6ClF3N4O/c1-4-5(9)15-7-13-3-14-16(7)6(4)17-2-8(10,11)12/h3H,2H2,1H3. The van der Waals surface area contributed by atoms with E-state index in [-0.39, 0.29) is 22.4 Å². The molecule has 9 heteroatoms. The van der Waals surface area contributed by atoms with Gasteiger partial charge in [-0.25, -0.2) is 0 Å². The minimum absolute atomic E-state index is 0.0303. The first kappa shape index (κ1) is 11.9. The van der Waals surface area contributed by atoms with E-state index in [9.17, 15) is 13.2 Å². The molecule has 0 saturated heterocycles. The highest BCUT2D eigenvalue weighted by Crippen LogP contribution is 2.26. The van der Waals surface area contributed by atoms with Gasteiger partial charge in [0.2, 0.25) is 5.88 Å². The Hall–Kier alpha value is -1.57. The molecule has 2 aromatic rings. The maximum absolute atomic E-state index is 12.1. The van der Waals surface area contributed by atoms with Crippen molar-refractivity contribution in [2.75, 3.05) is 6.61 Å². The molecule has 0 fully saturated rings. The maximum Gasteiger partial charge on any atom is 0.422 e. The van der Waals surface area contributed by atoms with Gasteiger partial charge in [0.1, 0.15) is 11.5 Å². The molecule has 2 rings (SSSR count). The molecule has 0 aliphatic heterocycles. The third-order valence-corrected chi connectivity index (χ3v) is 2.29. The lowest BCUT2D eigenvalue weighted by Gasteiger charge is -2.12. The molecule has 2 aromatic heterocycles. The molecular weight excluding hydrogens is 261 g/mol. The van der Waals surface area contributed by atoms with Crippen LogP contribution in [0.5, 0.6) is 5.88 Å². The predicted molar refractivity (Wildman–Crippen MR) is 52.1 cm³/mol. The maximum atomic E-state index is 12.1. The summed E-state index contributed by atoms with van der Waals surface area (Å²) in [6.07, 6.45) is -3.28. The molecule has 0 aliphatic carbocycles. The second-order valence-corrected chi connectivity index (χ2v) is 3.57. The molecule has 0 radical (unpaired) electrons. The molecule has 0 aliphatic rings. The molecule has 92 valence electrons. The van der Waals surface area contributed by atoms with Gasteiger partial charge in [-0.1, -0.05) is 11.6 Å². The highest BCUT2D eigenvalue weighted by Gasteiger charge is 2.29. The van der Waals surface area contributed by atoms with Crippen LogP contribution in [0.2, 0.25) is 5.15 Å². The van der Waals surface area contributed by atoms with E-state index < -0.39 is 12.8 Å². The summed E-state index contributed by atoms with van der Waals surface area (Å²) < 4.78 is 42.0. The van der Waals surface area contributed by atoms with Crippen LogP contribution in [0.3, 0.4) is 0 Å². The molecule has 0 N–H and O–H groups in total. The number of ether oxygens (including phenoxy) is 1. The van der Waals surface area contributed by atoms with Crippen molar-refractivity contribution in [1.29, 1.82) is 0 Å². The Morgan fingerprint density at radius 1 is 1.47 bits per heavy atom. The van der Waals surface area contributed by atoms with Crippen molar-refractivity contribution in [2.45, 2.75) is 13.1 Å². The number of halogens is 4. The molecule has 2 heterocycles. The van der Waals surface area contributed by atoms with E-state index >= 15 is 0 Å². The topological polar surface area (TPSA) is 52.3 Å². The molecule has 0 atom stereocenters. The summed E-state index contributed by atoms with van der Waals surface area (Å²) in [4.78, 5) is 7.55. The molecule has 5 nitrogen and oxygen atoms in total. The third-order valence-electron chi connectivity index (χ3n) is 1.92. The Labute approximate surface area is 98.2 Å². The lowest BCUT2D eigenvalue weighted by Crippen LogP contribution is -2.21. The number of nitrogens with zero attached hydrogens (tertiary/aromatic N) is 4. The second-order valence-electron chi connectivity index (χ2n) is 3.21. The molecule has 0 amide bonds. The molecule has 0 saturated carbocycles. The largest absolute Gasteiger partial charge is 0.468 e. The quantitative estimate of drug-likeness (QED) is 0.781. The normalized spacial score (nSPS) is 12.1. The summed E-state index contributed by atoms with van der Waals surface area (Å²) >= 11 is 5.75. The Morgan fingerprint density at radius 2 is 2.18 bits per heavy atom. The Morgan fingerprint density at radius 3 is 2.82 bits per heavy atom. The molecule has 0 unspecified atom stereocenters. The SMILES string of the molecule is Cc1c(Cl)nc2ncnn2c1OCC(F)(F)F. The van der Waals surface area contributed by atoms with Crippen molar-refractivity contribution in [3.63, 3.8) is 0 Å². The highest BCUT2D eigenvalue weighted by atomic mass is 35.5. The Balaban J connectivity index is 2.44. The Kier molecular flexibility index (Phi) is 2.82. The lowest BCUT2D eigenvalue weighted by atomic mass is 10.4. The van der Waals surface area contributed by atoms with Gasteiger partial charge in [0, 0.05) is 5.56 Å². The second kappa shape index (κ2) is 4.02. The zero-order valence-corrected chi connectivity index (χ0v) is 9.25. The monoisotopic (exact) mass is 266 g/mol. The molecule has 0 bridgehead atoms. The van der Waals surface area contributed by atoms with E-state index in [1.807, 2.05) is 0 Å². The molecular formula is C8H6ClF3N4O. The zero-order valence-electron chi connectivity index (χ0n) is 8.49. The minimum atomic E-state index is -4.44. The molecule has 0 spiro atoms. The van der Waals surface area contributed by atoms with Gasteiger partial charge < -0.3 is 4.74 Å². The smallest absolute Gasteiger partial charge is 0.422 e. The molecule has 0 aromatic carbocycles. The number of fused-ring (bicyclic) bond motifs is 1. The van der Waals surface area contributed by atoms with Gasteiger partial charge in [-0.2, -0.15) is 32.8 Å². The Bertz CT molecular complexity index is 553. The van der Waals surface area contributed by atoms with Crippen LogP contribution < -0.4 is 4.74 Å². The van der Waals surface area contributed by atoms with Crippen LogP contribution in [0.25, 0.3) is 5.78 Å². The van der Waals surface area contributed by atoms with Gasteiger partial charge in [-0.15, -0.1) is 0 Å². The fraction of sp³-hybridized carbons (Fsp3) is 0.375. The first-order valence-corrected chi connectivity index (χ1v) is 4.81. The van der Waals surface area contributed by atoms with Gasteiger partial charge in [-0.3, -0.25) is 0 Å². The van der Waals surface area contributed by atoms with Crippen molar-refractivity contribution in [2.24, 2.45) is 0 Å². The summed E-state index contributed by atoms with van der Waals surface area (Å²) in [5.74, 6) is -0.0346. The minimum Gasteiger partial charge on any atom is -0.468 e. The van der Waals surface area contributed by atoms with Crippen molar-refractivity contribution in [3.8, 4) is 5.88 Å². The van der Waals surface area contributed by atoms with Gasteiger partial charge in [-0.05, 0) is 6.92 Å². The number of hydrogen-bond donors (Lipinski definition) is 0. The number of alkyl halides is 3. The van der Waals surface area contributed by atoms with Crippen molar-refractivity contribution < 1.29 is 17.9 Å². The van der Waals surface area contributed by atoms with Gasteiger partial charge in [0.05, 0.1) is 0 Å². The average Bonchev–Trinajstić information content (AvgIpc) is 2.64. The zero-order chi connectivity index (χ0) is 12.6. The number of rotatable bonds is 2. The van der Waals surface area contributed by atoms with Crippen molar-refractivity contribution >= 4 is 17.4 Å². The predicted octanol–water partition coefficient (Wildman–Crippen LogP) is 2.03. The summed E-state index contributed by atoms with van der Waals surface area (Å²) in [5.41, 5.74) is 0.272. The van der Waals surface area contributed by atoms with E-state index in [2.05, 4.69) is 19.8 Å². The van der Waals surface area contributed by atoms with E-state index in [0.717, 1.165) is 10.8 Å². The molecule has 17 heavy (non-hydrogen) atoms. The van der Waals surface area contributed by atoms with Crippen LogP contribution in [0.1, 0.15) is 5.56 Å². The van der Waals surface area contributed by atoms with Crippen molar-refractivity contribution in [3.05, 3.63) is 17.0 Å². The first-order valence-electron chi connectivity index (χ1n) is 4.44. The van der Waals surface area contributed by atoms with Gasteiger partial charge >= 0.3 is 6.18 Å². The van der Waals surface area contributed by atoms with Crippen LogP contribution in [0, 0.1) is 6.92 Å². The van der Waals surface area contributed by atoms with Gasteiger partial charge in [0.15, 0.2) is 6.61 Å². The number of aromatic nitrogens is 4. The third kappa shape index (κ3) is 2.41. The van der Waals surface area contributed by atoms with Gasteiger partial charge in [0.25, 0.3) is 5.78 Å². The van der Waals surface area contributed by atoms with Crippen LogP contribution in [0.4, 0.5) is 13.2 Å². The van der Waals surface area contributed by atoms with Crippen LogP contribution >= 0.6 is 11.6 Å². The average molecular weight is 267 g/mol. The van der Waals surface area contributed by atoms with E-state index in [0.29, 0.717) is 0 Å². The highest BCUT2D eigenvalue weighted by molar-refractivity contribution is 6.30. The summed E-state index contributed by atoms with van der Waals surface area (Å²) in [5, 5.41) is 3.74. The van der Waals surface area contributed by atoms with Crippen LogP contribution in [-0.4, -0.2) is 32.4 Å². The van der Waals surface area contributed by atoms with Crippen molar-refractivity contribution in [1.82, 2.24) is 19.6 Å². The lowest BCUT2D eigenvalue weighted by molar-refractivity contribution is -0.154. The summed E-state index contributed by atoms with van der Waals surface area (Å²) in [6.45, 7) is 0.0608. The summed E-state index contributed by atoms with van der Waals surface area (Å²) in [6, 6.07) is 0. The van der Waals surface area contributed by atoms with Crippen LogP contribution in [0.15, 0.2) is 6.33 Å². The fourth-order valence-corrected chi connectivity index (χ4v) is 1.35. The first-order chi connectivity index (χ1) is 7.88.